The highest BCUT2D eigenvalue weighted by Gasteiger charge is 2.78. The molecule has 0 aliphatic heterocycles. The first-order chi connectivity index (χ1) is 18.8. The minimum atomic E-state index is -6.28. The second-order valence-electron chi connectivity index (χ2n) is 11.6. The summed E-state index contributed by atoms with van der Waals surface area (Å²) >= 11 is 0. The lowest BCUT2D eigenvalue weighted by Gasteiger charge is -2.52. The molecule has 0 amide bonds. The van der Waals surface area contributed by atoms with Crippen molar-refractivity contribution in [3.63, 3.8) is 0 Å². The molecule has 2 atom stereocenters. The number of aliphatic hydroxyl groups is 2. The van der Waals surface area contributed by atoms with Crippen LogP contribution in [-0.4, -0.2) is 74.7 Å². The Kier molecular flexibility index (Phi) is 12.5. The summed E-state index contributed by atoms with van der Waals surface area (Å²) in [5, 5.41) is 19.9. The molecule has 0 aliphatic rings. The van der Waals surface area contributed by atoms with E-state index in [1.54, 1.807) is 0 Å². The molecule has 0 spiro atoms. The number of ether oxygens (including phenoxy) is 3. The van der Waals surface area contributed by atoms with E-state index in [1.165, 1.54) is 34.6 Å². The maximum Gasteiger partial charge on any atom is 0.451 e. The van der Waals surface area contributed by atoms with Crippen molar-refractivity contribution in [3.8, 4) is 0 Å². The van der Waals surface area contributed by atoms with E-state index in [1.807, 2.05) is 0 Å². The van der Waals surface area contributed by atoms with Crippen LogP contribution in [0.1, 0.15) is 94.4 Å². The fourth-order valence-corrected chi connectivity index (χ4v) is 4.92. The Morgan fingerprint density at radius 1 is 0.698 bits per heavy atom. The van der Waals surface area contributed by atoms with Crippen LogP contribution in [0.15, 0.2) is 12.2 Å². The second-order valence-corrected chi connectivity index (χ2v) is 11.6. The van der Waals surface area contributed by atoms with E-state index in [9.17, 15) is 58.9 Å². The van der Waals surface area contributed by atoms with E-state index in [0.29, 0.717) is 27.7 Å². The van der Waals surface area contributed by atoms with Gasteiger partial charge in [-0.1, -0.05) is 34.3 Å². The molecular weight excluding hydrogens is 610 g/mol. The molecule has 16 heteroatoms. The first-order valence-electron chi connectivity index (χ1n) is 13.4. The van der Waals surface area contributed by atoms with Crippen LogP contribution in [0.2, 0.25) is 0 Å². The van der Waals surface area contributed by atoms with Gasteiger partial charge in [-0.15, -0.1) is 0 Å². The monoisotopic (exact) mass is 652 g/mol. The molecule has 0 aromatic rings. The van der Waals surface area contributed by atoms with Gasteiger partial charge in [-0.05, 0) is 60.3 Å². The quantitative estimate of drug-likeness (QED) is 0.107. The number of esters is 1. The maximum atomic E-state index is 14.8. The zero-order valence-electron chi connectivity index (χ0n) is 25.6. The standard InChI is InChI=1S/C27H42F10O6/c1-11-21(12-2,42-19(7,8)23(39,25(29,30)31)26(32,33)34)15-17(41-18(38)16(5)6)22(13-3,14-4)43-20(9,10)24(28,40)27(35,36)37/h17,39-40H,5,11-15H2,1-4,6-10H3. The smallest absolute Gasteiger partial charge is 0.451 e. The molecule has 256 valence electrons. The molecule has 2 N–H and O–H groups in total. The Bertz CT molecular complexity index is 945. The summed E-state index contributed by atoms with van der Waals surface area (Å²) in [6.45, 7) is 11.7. The van der Waals surface area contributed by atoms with E-state index in [2.05, 4.69) is 6.58 Å². The highest BCUT2D eigenvalue weighted by molar-refractivity contribution is 5.87. The molecule has 0 aromatic carbocycles. The van der Waals surface area contributed by atoms with Gasteiger partial charge < -0.3 is 24.4 Å². The highest BCUT2D eigenvalue weighted by atomic mass is 19.4. The molecule has 0 aliphatic carbocycles. The molecule has 2 unspecified atom stereocenters. The molecule has 0 rings (SSSR count). The van der Waals surface area contributed by atoms with Crippen LogP contribution in [0.4, 0.5) is 43.9 Å². The number of rotatable bonds is 15. The van der Waals surface area contributed by atoms with Crippen molar-refractivity contribution < 1.29 is 73.1 Å². The van der Waals surface area contributed by atoms with Crippen LogP contribution >= 0.6 is 0 Å². The Balaban J connectivity index is 7.31. The van der Waals surface area contributed by atoms with Gasteiger partial charge in [-0.2, -0.15) is 43.9 Å². The van der Waals surface area contributed by atoms with Gasteiger partial charge in [-0.3, -0.25) is 0 Å². The number of carbonyl (C=O) groups is 1. The molecule has 0 bridgehead atoms. The fraction of sp³-hybridized carbons (Fsp3) is 0.889. The second kappa shape index (κ2) is 13.0. The van der Waals surface area contributed by atoms with Crippen molar-refractivity contribution in [2.75, 3.05) is 0 Å². The van der Waals surface area contributed by atoms with Crippen LogP contribution in [0, 0.1) is 0 Å². The predicted molar refractivity (Wildman–Crippen MR) is 135 cm³/mol. The van der Waals surface area contributed by atoms with Gasteiger partial charge in [0.2, 0.25) is 0 Å². The summed E-state index contributed by atoms with van der Waals surface area (Å²) in [6.07, 6.45) is -22.4. The van der Waals surface area contributed by atoms with Gasteiger partial charge in [0.15, 0.2) is 0 Å². The van der Waals surface area contributed by atoms with Crippen molar-refractivity contribution in [2.24, 2.45) is 0 Å². The fourth-order valence-electron chi connectivity index (χ4n) is 4.92. The van der Waals surface area contributed by atoms with Crippen molar-refractivity contribution >= 4 is 5.97 Å². The predicted octanol–water partition coefficient (Wildman–Crippen LogP) is 7.65. The van der Waals surface area contributed by atoms with E-state index < -0.39 is 70.9 Å². The lowest BCUT2D eigenvalue weighted by molar-refractivity contribution is -0.422. The minimum Gasteiger partial charge on any atom is -0.456 e. The number of hydrogen-bond donors (Lipinski definition) is 2. The molecule has 0 heterocycles. The first-order valence-corrected chi connectivity index (χ1v) is 13.4. The number of halogens is 10. The largest absolute Gasteiger partial charge is 0.456 e. The lowest BCUT2D eigenvalue weighted by Crippen LogP contribution is -2.71. The van der Waals surface area contributed by atoms with Crippen LogP contribution in [0.3, 0.4) is 0 Å². The Morgan fingerprint density at radius 3 is 1.37 bits per heavy atom. The van der Waals surface area contributed by atoms with Crippen LogP contribution < -0.4 is 0 Å². The molecule has 0 saturated heterocycles. The molecular formula is C27H42F10O6. The third-order valence-electron chi connectivity index (χ3n) is 8.02. The molecule has 6 nitrogen and oxygen atoms in total. The Morgan fingerprint density at radius 2 is 1.09 bits per heavy atom. The number of hydrogen-bond acceptors (Lipinski definition) is 6. The Hall–Kier alpha value is -1.65. The van der Waals surface area contributed by atoms with Crippen molar-refractivity contribution in [1.82, 2.24) is 0 Å². The zero-order valence-corrected chi connectivity index (χ0v) is 25.6. The van der Waals surface area contributed by atoms with Gasteiger partial charge in [0.1, 0.15) is 22.9 Å². The lowest BCUT2D eigenvalue weighted by atomic mass is 9.77. The molecule has 0 fully saturated rings. The summed E-state index contributed by atoms with van der Waals surface area (Å²) in [5.41, 5.74) is -16.4. The van der Waals surface area contributed by atoms with Gasteiger partial charge >= 0.3 is 30.4 Å². The van der Waals surface area contributed by atoms with Crippen LogP contribution in [-0.2, 0) is 19.0 Å². The van der Waals surface area contributed by atoms with E-state index in [-0.39, 0.29) is 31.3 Å². The average Bonchev–Trinajstić information content (AvgIpc) is 2.83. The van der Waals surface area contributed by atoms with Gasteiger partial charge in [0.25, 0.3) is 5.60 Å². The van der Waals surface area contributed by atoms with Crippen molar-refractivity contribution in [2.45, 2.75) is 153 Å². The first kappa shape index (κ1) is 41.4. The topological polar surface area (TPSA) is 85.2 Å². The van der Waals surface area contributed by atoms with E-state index >= 15 is 0 Å². The third kappa shape index (κ3) is 7.96. The van der Waals surface area contributed by atoms with Crippen LogP contribution in [0.5, 0.6) is 0 Å². The number of carbonyl (C=O) groups excluding carboxylic acids is 1. The van der Waals surface area contributed by atoms with E-state index in [4.69, 9.17) is 14.2 Å². The highest BCUT2D eigenvalue weighted by Crippen LogP contribution is 2.53. The normalized spacial score (nSPS) is 17.0. The average molecular weight is 653 g/mol. The minimum absolute atomic E-state index is 0.244. The van der Waals surface area contributed by atoms with Crippen LogP contribution in [0.25, 0.3) is 0 Å². The third-order valence-corrected chi connectivity index (χ3v) is 8.02. The molecule has 0 radical (unpaired) electrons. The molecule has 43 heavy (non-hydrogen) atoms. The maximum absolute atomic E-state index is 14.8. The zero-order chi connectivity index (χ0) is 34.9. The van der Waals surface area contributed by atoms with Crippen molar-refractivity contribution in [1.29, 1.82) is 0 Å². The molecule has 0 saturated carbocycles. The molecule has 0 aromatic heterocycles. The summed E-state index contributed by atoms with van der Waals surface area (Å²) in [7, 11) is 0. The summed E-state index contributed by atoms with van der Waals surface area (Å²) in [6, 6.07) is 0. The summed E-state index contributed by atoms with van der Waals surface area (Å²) in [4.78, 5) is 12.7. The van der Waals surface area contributed by atoms with Crippen molar-refractivity contribution in [3.05, 3.63) is 12.2 Å². The van der Waals surface area contributed by atoms with E-state index in [0.717, 1.165) is 0 Å². The van der Waals surface area contributed by atoms with Gasteiger partial charge in [-0.25, -0.2) is 4.79 Å². The summed E-state index contributed by atoms with van der Waals surface area (Å²) in [5.74, 6) is -6.12. The van der Waals surface area contributed by atoms with Gasteiger partial charge in [0.05, 0.1) is 5.60 Å². The SMILES string of the molecule is C=C(C)C(=O)OC(CC(CC)(CC)OC(C)(C)C(O)(C(F)(F)F)C(F)(F)F)C(CC)(CC)OC(C)(C)C(O)(F)C(F)(F)F. The Labute approximate surface area is 244 Å². The van der Waals surface area contributed by atoms with Gasteiger partial charge in [0, 0.05) is 12.0 Å². The summed E-state index contributed by atoms with van der Waals surface area (Å²) < 4.78 is 155. The number of alkyl halides is 10.